The quantitative estimate of drug-likeness (QED) is 0.778. The summed E-state index contributed by atoms with van der Waals surface area (Å²) in [6.45, 7) is 11.7. The van der Waals surface area contributed by atoms with Crippen molar-refractivity contribution in [3.8, 4) is 0 Å². The highest BCUT2D eigenvalue weighted by molar-refractivity contribution is 7.09. The molecule has 0 nitrogen and oxygen atoms in total. The summed E-state index contributed by atoms with van der Waals surface area (Å²) in [5.41, 5.74) is 1.85. The standard InChI is InChI=1S/C17H17FS.C2H6/c1-4-6-13-10-15(19-17(13)5-2)11-14-9-12(3)7-8-16(14)18;1-2/h4-10H,1,11H2,2-3H3;1-2H3/b13-6-,17-5+;. The third kappa shape index (κ3) is 4.68. The summed E-state index contributed by atoms with van der Waals surface area (Å²) >= 11 is 1.71. The number of hydrogen-bond acceptors (Lipinski definition) is 1. The molecule has 0 aliphatic carbocycles. The molecule has 2 heteroatoms. The van der Waals surface area contributed by atoms with Gasteiger partial charge in [-0.25, -0.2) is 4.39 Å². The largest absolute Gasteiger partial charge is 0.207 e. The van der Waals surface area contributed by atoms with Crippen LogP contribution in [0.5, 0.6) is 0 Å². The average Bonchev–Trinajstić information content (AvgIpc) is 2.87. The first-order valence-corrected chi connectivity index (χ1v) is 8.08. The van der Waals surface area contributed by atoms with Crippen LogP contribution < -0.4 is 9.75 Å². The lowest BCUT2D eigenvalue weighted by Gasteiger charge is -2.02. The van der Waals surface area contributed by atoms with Gasteiger partial charge in [0.1, 0.15) is 5.82 Å². The molecular formula is C19H23FS. The van der Waals surface area contributed by atoms with Gasteiger partial charge in [-0.15, -0.1) is 11.3 Å². The fourth-order valence-electron chi connectivity index (χ4n) is 2.07. The van der Waals surface area contributed by atoms with Crippen molar-refractivity contribution < 1.29 is 4.39 Å². The van der Waals surface area contributed by atoms with Crippen LogP contribution in [-0.2, 0) is 6.42 Å². The van der Waals surface area contributed by atoms with E-state index in [9.17, 15) is 4.39 Å². The van der Waals surface area contributed by atoms with Gasteiger partial charge in [-0.3, -0.25) is 0 Å². The molecule has 112 valence electrons. The summed E-state index contributed by atoms with van der Waals surface area (Å²) in [7, 11) is 0. The lowest BCUT2D eigenvalue weighted by atomic mass is 10.1. The summed E-state index contributed by atoms with van der Waals surface area (Å²) < 4.78 is 15.0. The van der Waals surface area contributed by atoms with Gasteiger partial charge in [-0.05, 0) is 36.8 Å². The van der Waals surface area contributed by atoms with Gasteiger partial charge >= 0.3 is 0 Å². The molecule has 0 spiro atoms. The molecular weight excluding hydrogens is 279 g/mol. The second-order valence-corrected chi connectivity index (χ2v) is 5.66. The van der Waals surface area contributed by atoms with E-state index in [0.29, 0.717) is 6.42 Å². The number of rotatable bonds is 3. The van der Waals surface area contributed by atoms with E-state index in [2.05, 4.69) is 18.7 Å². The summed E-state index contributed by atoms with van der Waals surface area (Å²) in [4.78, 5) is 1.17. The van der Waals surface area contributed by atoms with E-state index in [1.165, 1.54) is 9.41 Å². The van der Waals surface area contributed by atoms with Crippen LogP contribution in [0.3, 0.4) is 0 Å². The fraction of sp³-hybridized carbons (Fsp3) is 0.263. The fourth-order valence-corrected chi connectivity index (χ4v) is 3.13. The number of thiophene rings is 1. The van der Waals surface area contributed by atoms with Crippen LogP contribution in [-0.4, -0.2) is 0 Å². The molecule has 1 heterocycles. The van der Waals surface area contributed by atoms with Crippen LogP contribution in [0.25, 0.3) is 12.2 Å². The number of benzene rings is 1. The third-order valence-electron chi connectivity index (χ3n) is 2.97. The van der Waals surface area contributed by atoms with Crippen LogP contribution in [0, 0.1) is 12.7 Å². The van der Waals surface area contributed by atoms with Crippen molar-refractivity contribution in [1.82, 2.24) is 0 Å². The first-order valence-electron chi connectivity index (χ1n) is 7.27. The number of halogens is 1. The topological polar surface area (TPSA) is 0 Å². The minimum Gasteiger partial charge on any atom is -0.207 e. The lowest BCUT2D eigenvalue weighted by Crippen LogP contribution is -2.15. The number of allylic oxidation sites excluding steroid dienone is 1. The molecule has 0 radical (unpaired) electrons. The van der Waals surface area contributed by atoms with Crippen molar-refractivity contribution in [3.05, 3.63) is 68.5 Å². The highest BCUT2D eigenvalue weighted by atomic mass is 32.1. The maximum absolute atomic E-state index is 13.8. The van der Waals surface area contributed by atoms with Crippen LogP contribution >= 0.6 is 11.3 Å². The summed E-state index contributed by atoms with van der Waals surface area (Å²) in [5.74, 6) is -0.129. The zero-order chi connectivity index (χ0) is 15.8. The molecule has 0 unspecified atom stereocenters. The molecule has 0 saturated carbocycles. The van der Waals surface area contributed by atoms with E-state index in [4.69, 9.17) is 0 Å². The third-order valence-corrected chi connectivity index (χ3v) is 4.18. The molecule has 0 N–H and O–H groups in total. The van der Waals surface area contributed by atoms with E-state index in [1.54, 1.807) is 29.5 Å². The molecule has 2 aromatic rings. The van der Waals surface area contributed by atoms with Gasteiger partial charge in [0.2, 0.25) is 0 Å². The summed E-state index contributed by atoms with van der Waals surface area (Å²) in [6.07, 6.45) is 6.49. The van der Waals surface area contributed by atoms with Gasteiger partial charge in [0.15, 0.2) is 0 Å². The van der Waals surface area contributed by atoms with Crippen molar-refractivity contribution in [2.45, 2.75) is 34.1 Å². The van der Waals surface area contributed by atoms with Gasteiger partial charge in [0.25, 0.3) is 0 Å². The van der Waals surface area contributed by atoms with Gasteiger partial charge in [0, 0.05) is 15.8 Å². The Hall–Kier alpha value is -1.67. The van der Waals surface area contributed by atoms with Crippen LogP contribution in [0.4, 0.5) is 4.39 Å². The van der Waals surface area contributed by atoms with E-state index in [1.807, 2.05) is 39.8 Å². The van der Waals surface area contributed by atoms with Gasteiger partial charge in [-0.2, -0.15) is 0 Å². The Labute approximate surface area is 131 Å². The zero-order valence-corrected chi connectivity index (χ0v) is 14.1. The highest BCUT2D eigenvalue weighted by Gasteiger charge is 2.05. The molecule has 2 rings (SSSR count). The first kappa shape index (κ1) is 17.4. The second kappa shape index (κ2) is 8.58. The summed E-state index contributed by atoms with van der Waals surface area (Å²) in [6, 6.07) is 7.38. The van der Waals surface area contributed by atoms with E-state index < -0.39 is 0 Å². The van der Waals surface area contributed by atoms with Crippen LogP contribution in [0.2, 0.25) is 0 Å². The van der Waals surface area contributed by atoms with Crippen molar-refractivity contribution in [2.24, 2.45) is 0 Å². The number of aryl methyl sites for hydroxylation is 1. The van der Waals surface area contributed by atoms with Crippen molar-refractivity contribution >= 4 is 23.5 Å². The molecule has 21 heavy (non-hydrogen) atoms. The zero-order valence-electron chi connectivity index (χ0n) is 13.2. The number of hydrogen-bond donors (Lipinski definition) is 0. The Morgan fingerprint density at radius 1 is 1.24 bits per heavy atom. The molecule has 1 aromatic carbocycles. The van der Waals surface area contributed by atoms with Crippen LogP contribution in [0.15, 0.2) is 36.9 Å². The maximum atomic E-state index is 13.8. The highest BCUT2D eigenvalue weighted by Crippen LogP contribution is 2.15. The van der Waals surface area contributed by atoms with Gasteiger partial charge in [-0.1, -0.05) is 56.4 Å². The molecule has 0 aliphatic rings. The minimum absolute atomic E-state index is 0.129. The smallest absolute Gasteiger partial charge is 0.126 e. The molecule has 1 aromatic heterocycles. The molecule has 0 amide bonds. The van der Waals surface area contributed by atoms with Gasteiger partial charge < -0.3 is 0 Å². The molecule has 0 bridgehead atoms. The predicted octanol–water partition coefficient (Wildman–Crippen LogP) is 4.58. The van der Waals surface area contributed by atoms with Crippen molar-refractivity contribution in [3.63, 3.8) is 0 Å². The van der Waals surface area contributed by atoms with Crippen LogP contribution in [0.1, 0.15) is 36.8 Å². The van der Waals surface area contributed by atoms with Gasteiger partial charge in [0.05, 0.1) is 0 Å². The molecule has 0 atom stereocenters. The summed E-state index contributed by atoms with van der Waals surface area (Å²) in [5, 5.41) is 1.16. The van der Waals surface area contributed by atoms with E-state index in [-0.39, 0.29) is 5.82 Å². The maximum Gasteiger partial charge on any atom is 0.126 e. The monoisotopic (exact) mass is 302 g/mol. The van der Waals surface area contributed by atoms with E-state index >= 15 is 0 Å². The predicted molar refractivity (Wildman–Crippen MR) is 93.7 cm³/mol. The lowest BCUT2D eigenvalue weighted by molar-refractivity contribution is 0.614. The van der Waals surface area contributed by atoms with Crippen molar-refractivity contribution in [2.75, 3.05) is 0 Å². The normalized spacial score (nSPS) is 12.0. The SMILES string of the molecule is C=C/C=c1/cc(Cc2cc(C)ccc2F)s/c1=C/C.CC. The first-order chi connectivity index (χ1) is 10.1. The second-order valence-electron chi connectivity index (χ2n) is 4.49. The van der Waals surface area contributed by atoms with Crippen molar-refractivity contribution in [1.29, 1.82) is 0 Å². The Kier molecular flexibility index (Phi) is 7.10. The molecule has 0 aliphatic heterocycles. The Balaban J connectivity index is 0.00000106. The Morgan fingerprint density at radius 2 is 1.95 bits per heavy atom. The Bertz CT molecular complexity index is 708. The van der Waals surface area contributed by atoms with E-state index in [0.717, 1.165) is 16.3 Å². The Morgan fingerprint density at radius 3 is 2.57 bits per heavy atom. The molecule has 0 saturated heterocycles. The molecule has 0 fully saturated rings. The average molecular weight is 302 g/mol. The minimum atomic E-state index is -0.129.